The van der Waals surface area contributed by atoms with Gasteiger partial charge in [0, 0.05) is 6.54 Å². The van der Waals surface area contributed by atoms with Gasteiger partial charge in [-0.3, -0.25) is 0 Å². The van der Waals surface area contributed by atoms with Gasteiger partial charge in [0.25, 0.3) is 5.89 Å². The van der Waals surface area contributed by atoms with Crippen LogP contribution in [0.5, 0.6) is 5.75 Å². The number of oxazole rings is 1. The van der Waals surface area contributed by atoms with Gasteiger partial charge in [-0.1, -0.05) is 18.2 Å². The number of hydrogen-bond acceptors (Lipinski definition) is 6. The maximum Gasteiger partial charge on any atom is 0.266 e. The summed E-state index contributed by atoms with van der Waals surface area (Å²) in [5, 5.41) is 12.1. The van der Waals surface area contributed by atoms with E-state index in [1.165, 1.54) is 0 Å². The van der Waals surface area contributed by atoms with Crippen LogP contribution in [0.2, 0.25) is 0 Å². The molecule has 1 N–H and O–H groups in total. The van der Waals surface area contributed by atoms with Gasteiger partial charge in [-0.05, 0) is 43.2 Å². The lowest BCUT2D eigenvalue weighted by Gasteiger charge is -2.08. The van der Waals surface area contributed by atoms with Crippen molar-refractivity contribution in [3.05, 3.63) is 65.6 Å². The molecule has 2 aromatic heterocycles. The molecule has 0 unspecified atom stereocenters. The number of aromatic nitrogens is 1. The van der Waals surface area contributed by atoms with Crippen LogP contribution in [0.1, 0.15) is 22.6 Å². The Labute approximate surface area is 151 Å². The number of nitrogens with one attached hydrogen (secondary N) is 1. The fourth-order valence-electron chi connectivity index (χ4n) is 2.37. The zero-order valence-corrected chi connectivity index (χ0v) is 14.7. The molecule has 0 saturated heterocycles. The van der Waals surface area contributed by atoms with E-state index in [9.17, 15) is 0 Å². The van der Waals surface area contributed by atoms with E-state index in [-0.39, 0.29) is 18.2 Å². The normalized spacial score (nSPS) is 10.3. The number of furan rings is 1. The van der Waals surface area contributed by atoms with Gasteiger partial charge < -0.3 is 18.9 Å². The number of nitriles is 1. The van der Waals surface area contributed by atoms with Gasteiger partial charge in [-0.15, -0.1) is 6.58 Å². The lowest BCUT2D eigenvalue weighted by Crippen LogP contribution is -1.97. The number of aryl methyl sites for hydroxylation is 2. The van der Waals surface area contributed by atoms with Crippen LogP contribution in [0.15, 0.2) is 51.8 Å². The second kappa shape index (κ2) is 7.62. The summed E-state index contributed by atoms with van der Waals surface area (Å²) in [6.45, 7) is 8.39. The van der Waals surface area contributed by atoms with Crippen molar-refractivity contribution in [1.29, 1.82) is 5.26 Å². The van der Waals surface area contributed by atoms with Gasteiger partial charge >= 0.3 is 0 Å². The Bertz CT molecular complexity index is 963. The molecular weight excluding hydrogens is 330 g/mol. The third-order valence-electron chi connectivity index (χ3n) is 3.73. The van der Waals surface area contributed by atoms with E-state index < -0.39 is 0 Å². The van der Waals surface area contributed by atoms with Gasteiger partial charge in [0.15, 0.2) is 5.76 Å². The predicted octanol–water partition coefficient (Wildman–Crippen LogP) is 4.60. The second-order valence-electron chi connectivity index (χ2n) is 5.80. The summed E-state index contributed by atoms with van der Waals surface area (Å²) in [6.07, 6.45) is 1.67. The summed E-state index contributed by atoms with van der Waals surface area (Å²) in [7, 11) is 0. The van der Waals surface area contributed by atoms with E-state index in [1.54, 1.807) is 18.2 Å². The fourth-order valence-corrected chi connectivity index (χ4v) is 2.37. The first kappa shape index (κ1) is 17.4. The minimum Gasteiger partial charge on any atom is -0.485 e. The highest BCUT2D eigenvalue weighted by Crippen LogP contribution is 2.28. The summed E-state index contributed by atoms with van der Waals surface area (Å²) in [4.78, 5) is 4.15. The zero-order chi connectivity index (χ0) is 18.5. The molecule has 0 bridgehead atoms. The summed E-state index contributed by atoms with van der Waals surface area (Å²) in [6, 6.07) is 11.6. The Hall–Kier alpha value is -3.46. The van der Waals surface area contributed by atoms with E-state index in [2.05, 4.69) is 16.9 Å². The summed E-state index contributed by atoms with van der Waals surface area (Å²) >= 11 is 0. The first-order chi connectivity index (χ1) is 12.6. The van der Waals surface area contributed by atoms with Crippen molar-refractivity contribution in [2.24, 2.45) is 0 Å². The molecule has 6 nitrogen and oxygen atoms in total. The van der Waals surface area contributed by atoms with E-state index >= 15 is 0 Å². The van der Waals surface area contributed by atoms with Crippen molar-refractivity contribution in [1.82, 2.24) is 4.98 Å². The van der Waals surface area contributed by atoms with Crippen molar-refractivity contribution in [2.75, 3.05) is 11.9 Å². The van der Waals surface area contributed by atoms with Crippen molar-refractivity contribution in [3.8, 4) is 23.5 Å². The Balaban J connectivity index is 1.73. The average molecular weight is 349 g/mol. The molecule has 0 saturated carbocycles. The third-order valence-corrected chi connectivity index (χ3v) is 3.73. The topological polar surface area (TPSA) is 84.2 Å². The Kier molecular flexibility index (Phi) is 5.09. The highest BCUT2D eigenvalue weighted by Gasteiger charge is 2.17. The number of hydrogen-bond donors (Lipinski definition) is 1. The average Bonchev–Trinajstić information content (AvgIpc) is 3.27. The maximum atomic E-state index is 9.15. The SMILES string of the molecule is C=CCNc1oc(-c2ccc(COc3cc(C)ccc3C)o2)nc1C#N. The van der Waals surface area contributed by atoms with Crippen LogP contribution in [0.25, 0.3) is 11.7 Å². The minimum absolute atomic E-state index is 0.173. The van der Waals surface area contributed by atoms with Crippen LogP contribution in [0, 0.1) is 25.2 Å². The van der Waals surface area contributed by atoms with Crippen molar-refractivity contribution in [2.45, 2.75) is 20.5 Å². The van der Waals surface area contributed by atoms with Gasteiger partial charge in [0.05, 0.1) is 0 Å². The van der Waals surface area contributed by atoms with Crippen LogP contribution >= 0.6 is 0 Å². The van der Waals surface area contributed by atoms with Crippen molar-refractivity contribution >= 4 is 5.88 Å². The predicted molar refractivity (Wildman–Crippen MR) is 97.9 cm³/mol. The molecule has 0 fully saturated rings. The molecule has 0 aliphatic carbocycles. The molecule has 3 rings (SSSR count). The molecule has 0 aliphatic heterocycles. The molecule has 1 aromatic carbocycles. The smallest absolute Gasteiger partial charge is 0.266 e. The fraction of sp³-hybridized carbons (Fsp3) is 0.200. The van der Waals surface area contributed by atoms with Gasteiger partial charge in [0.1, 0.15) is 24.2 Å². The van der Waals surface area contributed by atoms with Crippen LogP contribution in [0.3, 0.4) is 0 Å². The van der Waals surface area contributed by atoms with Crippen LogP contribution in [0.4, 0.5) is 5.88 Å². The Morgan fingerprint density at radius 2 is 2.12 bits per heavy atom. The van der Waals surface area contributed by atoms with Gasteiger partial charge in [-0.25, -0.2) is 0 Å². The third kappa shape index (κ3) is 3.78. The number of anilines is 1. The largest absolute Gasteiger partial charge is 0.485 e. The van der Waals surface area contributed by atoms with Crippen LogP contribution in [-0.4, -0.2) is 11.5 Å². The highest BCUT2D eigenvalue weighted by atomic mass is 16.5. The van der Waals surface area contributed by atoms with E-state index in [1.807, 2.05) is 38.1 Å². The second-order valence-corrected chi connectivity index (χ2v) is 5.80. The zero-order valence-electron chi connectivity index (χ0n) is 14.7. The molecule has 2 heterocycles. The standard InChI is InChI=1S/C20H19N3O3/c1-4-9-22-19-16(11-21)23-20(26-19)17-8-7-15(25-17)12-24-18-10-13(2)5-6-14(18)3/h4-8,10,22H,1,9,12H2,2-3H3. The van der Waals surface area contributed by atoms with Crippen molar-refractivity contribution in [3.63, 3.8) is 0 Å². The lowest BCUT2D eigenvalue weighted by molar-refractivity contribution is 0.269. The summed E-state index contributed by atoms with van der Waals surface area (Å²) in [5.41, 5.74) is 2.37. The molecule has 0 atom stereocenters. The van der Waals surface area contributed by atoms with E-state index in [0.717, 1.165) is 16.9 Å². The molecular formula is C20H19N3O3. The molecule has 0 radical (unpaired) electrons. The van der Waals surface area contributed by atoms with Gasteiger partial charge in [-0.2, -0.15) is 10.2 Å². The molecule has 3 aromatic rings. The first-order valence-electron chi connectivity index (χ1n) is 8.15. The molecule has 0 spiro atoms. The van der Waals surface area contributed by atoms with Crippen LogP contribution < -0.4 is 10.1 Å². The molecule has 0 amide bonds. The number of nitrogens with zero attached hydrogens (tertiary/aromatic N) is 2. The number of ether oxygens (including phenoxy) is 1. The number of rotatable bonds is 7. The van der Waals surface area contributed by atoms with Crippen LogP contribution in [-0.2, 0) is 6.61 Å². The molecule has 26 heavy (non-hydrogen) atoms. The molecule has 0 aliphatic rings. The van der Waals surface area contributed by atoms with Gasteiger partial charge in [0.2, 0.25) is 11.6 Å². The summed E-state index contributed by atoms with van der Waals surface area (Å²) in [5.74, 6) is 2.44. The first-order valence-corrected chi connectivity index (χ1v) is 8.15. The molecule has 6 heteroatoms. The monoisotopic (exact) mass is 349 g/mol. The highest BCUT2D eigenvalue weighted by molar-refractivity contribution is 5.54. The summed E-state index contributed by atoms with van der Waals surface area (Å²) < 4.78 is 17.2. The lowest BCUT2D eigenvalue weighted by atomic mass is 10.1. The maximum absolute atomic E-state index is 9.15. The van der Waals surface area contributed by atoms with E-state index in [0.29, 0.717) is 23.9 Å². The minimum atomic E-state index is 0.173. The Morgan fingerprint density at radius 3 is 2.88 bits per heavy atom. The molecule has 132 valence electrons. The Morgan fingerprint density at radius 1 is 1.27 bits per heavy atom. The van der Waals surface area contributed by atoms with Crippen molar-refractivity contribution < 1.29 is 13.6 Å². The number of benzene rings is 1. The van der Waals surface area contributed by atoms with E-state index in [4.69, 9.17) is 18.8 Å². The quantitative estimate of drug-likeness (QED) is 0.628.